The van der Waals surface area contributed by atoms with Gasteiger partial charge in [0.15, 0.2) is 0 Å². The molecular weight excluding hydrogens is 338 g/mol. The number of benzene rings is 2. The second-order valence-corrected chi connectivity index (χ2v) is 4.97. The van der Waals surface area contributed by atoms with Gasteiger partial charge in [-0.2, -0.15) is 0 Å². The van der Waals surface area contributed by atoms with Crippen LogP contribution in [0.5, 0.6) is 5.75 Å². The molecule has 0 aromatic heterocycles. The van der Waals surface area contributed by atoms with E-state index in [0.717, 1.165) is 0 Å². The zero-order valence-electron chi connectivity index (χ0n) is 14.1. The molecule has 0 unspecified atom stereocenters. The van der Waals surface area contributed by atoms with Crippen molar-refractivity contribution in [1.29, 1.82) is 0 Å². The molecule has 132 valence electrons. The van der Waals surface area contributed by atoms with Crippen LogP contribution >= 0.6 is 0 Å². The summed E-state index contributed by atoms with van der Waals surface area (Å²) in [6, 6.07) is 10.4. The molecule has 1 amide bonds. The van der Waals surface area contributed by atoms with Crippen LogP contribution in [0.1, 0.15) is 26.3 Å². The summed E-state index contributed by atoms with van der Waals surface area (Å²) >= 11 is 0. The molecule has 2 rings (SSSR count). The Kier molecular flexibility index (Phi) is 5.96. The number of methoxy groups -OCH3 is 2. The molecule has 0 spiro atoms. The normalized spacial score (nSPS) is 9.58. The summed E-state index contributed by atoms with van der Waals surface area (Å²) in [5.41, 5.74) is 0.849. The van der Waals surface area contributed by atoms with Gasteiger partial charge in [0.1, 0.15) is 5.75 Å². The maximum absolute atomic E-state index is 12.1. The van der Waals surface area contributed by atoms with Crippen LogP contribution in [0.2, 0.25) is 0 Å². The molecular formula is C19H15NO6. The predicted molar refractivity (Wildman–Crippen MR) is 93.1 cm³/mol. The third kappa shape index (κ3) is 4.61. The highest BCUT2D eigenvalue weighted by atomic mass is 16.6. The Labute approximate surface area is 149 Å². The number of terminal acetylenes is 1. The van der Waals surface area contributed by atoms with E-state index >= 15 is 0 Å². The summed E-state index contributed by atoms with van der Waals surface area (Å²) in [6.45, 7) is 0. The minimum atomic E-state index is -0.822. The van der Waals surface area contributed by atoms with Crippen LogP contribution < -0.4 is 10.1 Å². The third-order valence-electron chi connectivity index (χ3n) is 3.23. The van der Waals surface area contributed by atoms with Crippen molar-refractivity contribution in [3.63, 3.8) is 0 Å². The summed E-state index contributed by atoms with van der Waals surface area (Å²) in [7, 11) is 2.40. The van der Waals surface area contributed by atoms with Gasteiger partial charge in [0.25, 0.3) is 0 Å². The van der Waals surface area contributed by atoms with Gasteiger partial charge in [-0.05, 0) is 36.4 Å². The van der Waals surface area contributed by atoms with Gasteiger partial charge < -0.3 is 14.2 Å². The van der Waals surface area contributed by atoms with Crippen LogP contribution in [-0.4, -0.2) is 32.3 Å². The van der Waals surface area contributed by atoms with E-state index in [1.54, 1.807) is 18.2 Å². The highest BCUT2D eigenvalue weighted by Crippen LogP contribution is 2.18. The zero-order chi connectivity index (χ0) is 19.1. The molecule has 0 heterocycles. The van der Waals surface area contributed by atoms with Gasteiger partial charge in [-0.25, -0.2) is 14.4 Å². The van der Waals surface area contributed by atoms with E-state index in [-0.39, 0.29) is 22.6 Å². The second-order valence-electron chi connectivity index (χ2n) is 4.97. The van der Waals surface area contributed by atoms with E-state index in [2.05, 4.69) is 20.7 Å². The highest BCUT2D eigenvalue weighted by Gasteiger charge is 2.15. The van der Waals surface area contributed by atoms with E-state index in [9.17, 15) is 14.4 Å². The van der Waals surface area contributed by atoms with Crippen LogP contribution in [0.25, 0.3) is 0 Å². The van der Waals surface area contributed by atoms with Crippen molar-refractivity contribution in [3.05, 3.63) is 59.2 Å². The first kappa shape index (κ1) is 18.5. The molecule has 0 saturated heterocycles. The fourth-order valence-corrected chi connectivity index (χ4v) is 2.07. The van der Waals surface area contributed by atoms with Crippen molar-refractivity contribution in [1.82, 2.24) is 0 Å². The van der Waals surface area contributed by atoms with Crippen molar-refractivity contribution >= 4 is 23.7 Å². The maximum Gasteiger partial charge on any atom is 0.417 e. The van der Waals surface area contributed by atoms with E-state index in [0.29, 0.717) is 5.56 Å². The average Bonchev–Trinajstić information content (AvgIpc) is 2.66. The van der Waals surface area contributed by atoms with E-state index in [4.69, 9.17) is 11.2 Å². The maximum atomic E-state index is 12.1. The number of hydrogen-bond acceptors (Lipinski definition) is 6. The zero-order valence-corrected chi connectivity index (χ0v) is 14.1. The lowest BCUT2D eigenvalue weighted by molar-refractivity contribution is 0.0599. The lowest BCUT2D eigenvalue weighted by Gasteiger charge is -2.10. The molecule has 0 aliphatic heterocycles. The van der Waals surface area contributed by atoms with Crippen molar-refractivity contribution in [2.75, 3.05) is 19.5 Å². The number of amides is 1. The van der Waals surface area contributed by atoms with Crippen molar-refractivity contribution in [2.45, 2.75) is 0 Å². The molecule has 0 bridgehead atoms. The van der Waals surface area contributed by atoms with Crippen LogP contribution in [0.3, 0.4) is 0 Å². The molecule has 26 heavy (non-hydrogen) atoms. The fourth-order valence-electron chi connectivity index (χ4n) is 2.07. The third-order valence-corrected chi connectivity index (χ3v) is 3.23. The standard InChI is InChI=1S/C19H15NO6/c1-4-12-6-5-7-16(8-12)26-19(23)20-15-10-13(17(21)24-2)9-14(11-15)18(22)25-3/h1,5-11H,2-3H3,(H,20,23). The molecule has 0 fully saturated rings. The molecule has 0 radical (unpaired) electrons. The van der Waals surface area contributed by atoms with Gasteiger partial charge in [-0.3, -0.25) is 5.32 Å². The predicted octanol–water partition coefficient (Wildman–Crippen LogP) is 2.85. The average molecular weight is 353 g/mol. The summed E-state index contributed by atoms with van der Waals surface area (Å²) < 4.78 is 14.4. The summed E-state index contributed by atoms with van der Waals surface area (Å²) in [6.07, 6.45) is 4.47. The van der Waals surface area contributed by atoms with Gasteiger partial charge in [0.05, 0.1) is 25.3 Å². The SMILES string of the molecule is C#Cc1cccc(OC(=O)Nc2cc(C(=O)OC)cc(C(=O)OC)c2)c1. The quantitative estimate of drug-likeness (QED) is 0.671. The number of carbonyl (C=O) groups excluding carboxylic acids is 3. The first-order valence-electron chi connectivity index (χ1n) is 7.34. The largest absolute Gasteiger partial charge is 0.465 e. The van der Waals surface area contributed by atoms with Crippen LogP contribution in [0.4, 0.5) is 10.5 Å². The molecule has 0 atom stereocenters. The molecule has 2 aromatic rings. The molecule has 0 aliphatic carbocycles. The van der Waals surface area contributed by atoms with E-state index in [1.165, 1.54) is 38.5 Å². The minimum absolute atomic E-state index is 0.0695. The fraction of sp³-hybridized carbons (Fsp3) is 0.105. The topological polar surface area (TPSA) is 90.9 Å². The Morgan fingerprint density at radius 1 is 0.962 bits per heavy atom. The smallest absolute Gasteiger partial charge is 0.417 e. The first-order valence-corrected chi connectivity index (χ1v) is 7.34. The molecule has 2 aromatic carbocycles. The number of nitrogens with one attached hydrogen (secondary N) is 1. The molecule has 1 N–H and O–H groups in total. The summed E-state index contributed by atoms with van der Waals surface area (Å²) in [4.78, 5) is 35.5. The number of ether oxygens (including phenoxy) is 3. The van der Waals surface area contributed by atoms with Crippen LogP contribution in [0.15, 0.2) is 42.5 Å². The van der Waals surface area contributed by atoms with Gasteiger partial charge >= 0.3 is 18.0 Å². The molecule has 0 aliphatic rings. The molecule has 0 saturated carbocycles. The molecule has 7 heteroatoms. The second kappa shape index (κ2) is 8.35. The summed E-state index contributed by atoms with van der Waals surface area (Å²) in [5.74, 6) is 1.33. The molecule has 7 nitrogen and oxygen atoms in total. The number of esters is 2. The van der Waals surface area contributed by atoms with Gasteiger partial charge in [-0.1, -0.05) is 12.0 Å². The number of hydrogen-bond donors (Lipinski definition) is 1. The number of anilines is 1. The Balaban J connectivity index is 2.23. The Morgan fingerprint density at radius 2 is 1.58 bits per heavy atom. The first-order chi connectivity index (χ1) is 12.5. The van der Waals surface area contributed by atoms with Crippen LogP contribution in [0, 0.1) is 12.3 Å². The van der Waals surface area contributed by atoms with Crippen molar-refractivity contribution < 1.29 is 28.6 Å². The Hall–Kier alpha value is -3.79. The Bertz CT molecular complexity index is 863. The van der Waals surface area contributed by atoms with Crippen molar-refractivity contribution in [2.24, 2.45) is 0 Å². The summed E-state index contributed by atoms with van der Waals surface area (Å²) in [5, 5.41) is 2.44. The number of rotatable bonds is 4. The Morgan fingerprint density at radius 3 is 2.12 bits per heavy atom. The van der Waals surface area contributed by atoms with Gasteiger partial charge in [-0.15, -0.1) is 6.42 Å². The lowest BCUT2D eigenvalue weighted by Crippen LogP contribution is -2.18. The lowest BCUT2D eigenvalue weighted by atomic mass is 10.1. The van der Waals surface area contributed by atoms with Gasteiger partial charge in [0.2, 0.25) is 0 Å². The monoisotopic (exact) mass is 353 g/mol. The highest BCUT2D eigenvalue weighted by molar-refractivity contribution is 5.98. The van der Waals surface area contributed by atoms with Gasteiger partial charge in [0, 0.05) is 11.3 Å². The van der Waals surface area contributed by atoms with E-state index < -0.39 is 18.0 Å². The minimum Gasteiger partial charge on any atom is -0.465 e. The van der Waals surface area contributed by atoms with Crippen molar-refractivity contribution in [3.8, 4) is 18.1 Å². The van der Waals surface area contributed by atoms with E-state index in [1.807, 2.05) is 0 Å². The number of carbonyl (C=O) groups is 3. The van der Waals surface area contributed by atoms with Crippen LogP contribution in [-0.2, 0) is 9.47 Å².